The van der Waals surface area contributed by atoms with Gasteiger partial charge in [-0.15, -0.1) is 0 Å². The molecule has 0 aliphatic carbocycles. The van der Waals surface area contributed by atoms with Crippen molar-refractivity contribution in [2.24, 2.45) is 0 Å². The standard InChI is InChI=1S/C12H6Cl3NO/c13-7-4-5-10(16-6-7)12(17)8-2-1-3-9(14)11(8)15/h1-6H. The molecule has 0 bridgehead atoms. The van der Waals surface area contributed by atoms with Crippen molar-refractivity contribution < 1.29 is 4.79 Å². The lowest BCUT2D eigenvalue weighted by molar-refractivity contribution is 0.103. The second kappa shape index (κ2) is 5.05. The van der Waals surface area contributed by atoms with E-state index in [1.807, 2.05) is 0 Å². The summed E-state index contributed by atoms with van der Waals surface area (Å²) in [5, 5.41) is 1.04. The molecule has 2 nitrogen and oxygen atoms in total. The van der Waals surface area contributed by atoms with Gasteiger partial charge in [0.05, 0.1) is 15.1 Å². The lowest BCUT2D eigenvalue weighted by Gasteiger charge is -2.04. The normalized spacial score (nSPS) is 10.3. The average Bonchev–Trinajstić information content (AvgIpc) is 2.33. The molecule has 0 unspecified atom stereocenters. The van der Waals surface area contributed by atoms with Crippen LogP contribution >= 0.6 is 34.8 Å². The number of ketones is 1. The van der Waals surface area contributed by atoms with E-state index in [0.29, 0.717) is 15.6 Å². The van der Waals surface area contributed by atoms with Crippen LogP contribution in [0.1, 0.15) is 16.1 Å². The first-order valence-electron chi connectivity index (χ1n) is 4.70. The molecule has 0 fully saturated rings. The van der Waals surface area contributed by atoms with Crippen LogP contribution in [-0.2, 0) is 0 Å². The van der Waals surface area contributed by atoms with E-state index in [-0.39, 0.29) is 16.5 Å². The van der Waals surface area contributed by atoms with Crippen molar-refractivity contribution in [1.29, 1.82) is 0 Å². The number of carbonyl (C=O) groups excluding carboxylic acids is 1. The van der Waals surface area contributed by atoms with Crippen LogP contribution in [0.2, 0.25) is 15.1 Å². The van der Waals surface area contributed by atoms with Crippen molar-refractivity contribution in [2.75, 3.05) is 0 Å². The minimum atomic E-state index is -0.283. The number of carbonyl (C=O) groups is 1. The highest BCUT2D eigenvalue weighted by Crippen LogP contribution is 2.27. The van der Waals surface area contributed by atoms with E-state index >= 15 is 0 Å². The molecule has 5 heteroatoms. The Labute approximate surface area is 113 Å². The maximum atomic E-state index is 12.1. The van der Waals surface area contributed by atoms with E-state index < -0.39 is 0 Å². The molecule has 2 aromatic rings. The molecule has 0 spiro atoms. The highest BCUT2D eigenvalue weighted by atomic mass is 35.5. The van der Waals surface area contributed by atoms with Gasteiger partial charge in [-0.05, 0) is 24.3 Å². The Hall–Kier alpha value is -1.09. The van der Waals surface area contributed by atoms with Crippen LogP contribution in [0.3, 0.4) is 0 Å². The lowest BCUT2D eigenvalue weighted by Crippen LogP contribution is -2.04. The summed E-state index contributed by atoms with van der Waals surface area (Å²) in [7, 11) is 0. The number of pyridine rings is 1. The molecular weight excluding hydrogens is 280 g/mol. The molecule has 0 N–H and O–H groups in total. The Morgan fingerprint density at radius 3 is 2.47 bits per heavy atom. The molecule has 0 aliphatic rings. The maximum Gasteiger partial charge on any atom is 0.212 e. The van der Waals surface area contributed by atoms with Gasteiger partial charge in [-0.2, -0.15) is 0 Å². The zero-order valence-corrected chi connectivity index (χ0v) is 10.7. The van der Waals surface area contributed by atoms with Crippen LogP contribution in [0.4, 0.5) is 0 Å². The molecule has 0 aliphatic heterocycles. The summed E-state index contributed by atoms with van der Waals surface area (Å²) in [6, 6.07) is 8.03. The van der Waals surface area contributed by atoms with Gasteiger partial charge in [-0.1, -0.05) is 40.9 Å². The Balaban J connectivity index is 2.44. The summed E-state index contributed by atoms with van der Waals surface area (Å²) in [6.45, 7) is 0. The first kappa shape index (κ1) is 12.4. The van der Waals surface area contributed by atoms with Crippen LogP contribution in [0.15, 0.2) is 36.5 Å². The Morgan fingerprint density at radius 2 is 1.82 bits per heavy atom. The van der Waals surface area contributed by atoms with E-state index in [1.165, 1.54) is 6.20 Å². The molecule has 2 rings (SSSR count). The smallest absolute Gasteiger partial charge is 0.212 e. The monoisotopic (exact) mass is 285 g/mol. The lowest BCUT2D eigenvalue weighted by atomic mass is 10.1. The van der Waals surface area contributed by atoms with Crippen LogP contribution in [-0.4, -0.2) is 10.8 Å². The van der Waals surface area contributed by atoms with E-state index in [1.54, 1.807) is 30.3 Å². The molecule has 86 valence electrons. The molecule has 17 heavy (non-hydrogen) atoms. The highest BCUT2D eigenvalue weighted by Gasteiger charge is 2.15. The van der Waals surface area contributed by atoms with Gasteiger partial charge in [0.15, 0.2) is 0 Å². The molecule has 0 atom stereocenters. The van der Waals surface area contributed by atoms with Crippen molar-refractivity contribution in [3.05, 3.63) is 62.9 Å². The molecule has 1 aromatic heterocycles. The minimum Gasteiger partial charge on any atom is -0.287 e. The van der Waals surface area contributed by atoms with Crippen LogP contribution in [0.5, 0.6) is 0 Å². The molecule has 1 heterocycles. The zero-order valence-electron chi connectivity index (χ0n) is 8.45. The molecule has 0 saturated heterocycles. The van der Waals surface area contributed by atoms with Crippen molar-refractivity contribution >= 4 is 40.6 Å². The van der Waals surface area contributed by atoms with Crippen molar-refractivity contribution in [3.63, 3.8) is 0 Å². The Bertz CT molecular complexity index is 566. The number of rotatable bonds is 2. The van der Waals surface area contributed by atoms with Crippen molar-refractivity contribution in [1.82, 2.24) is 4.98 Å². The van der Waals surface area contributed by atoms with Gasteiger partial charge in [0.25, 0.3) is 0 Å². The fourth-order valence-electron chi connectivity index (χ4n) is 1.33. The predicted octanol–water partition coefficient (Wildman–Crippen LogP) is 4.27. The van der Waals surface area contributed by atoms with Crippen molar-refractivity contribution in [3.8, 4) is 0 Å². The fourth-order valence-corrected chi connectivity index (χ4v) is 1.83. The highest BCUT2D eigenvalue weighted by molar-refractivity contribution is 6.44. The first-order chi connectivity index (χ1) is 8.09. The SMILES string of the molecule is O=C(c1ccc(Cl)cn1)c1cccc(Cl)c1Cl. The predicted molar refractivity (Wildman–Crippen MR) is 69.1 cm³/mol. The number of halogens is 3. The molecule has 0 saturated carbocycles. The van der Waals surface area contributed by atoms with Gasteiger partial charge in [-0.25, -0.2) is 0 Å². The Morgan fingerprint density at radius 1 is 1.06 bits per heavy atom. The van der Waals surface area contributed by atoms with Gasteiger partial charge >= 0.3 is 0 Å². The largest absolute Gasteiger partial charge is 0.287 e. The van der Waals surface area contributed by atoms with Gasteiger partial charge in [-0.3, -0.25) is 9.78 Å². The van der Waals surface area contributed by atoms with E-state index in [9.17, 15) is 4.79 Å². The molecule has 1 aromatic carbocycles. The van der Waals surface area contributed by atoms with Gasteiger partial charge in [0, 0.05) is 11.8 Å². The summed E-state index contributed by atoms with van der Waals surface area (Å²) in [5.74, 6) is -0.283. The molecule has 0 amide bonds. The molecule has 0 radical (unpaired) electrons. The van der Waals surface area contributed by atoms with E-state index in [4.69, 9.17) is 34.8 Å². The van der Waals surface area contributed by atoms with Crippen LogP contribution in [0.25, 0.3) is 0 Å². The first-order valence-corrected chi connectivity index (χ1v) is 5.83. The number of hydrogen-bond donors (Lipinski definition) is 0. The minimum absolute atomic E-state index is 0.232. The summed E-state index contributed by atoms with van der Waals surface area (Å²) in [4.78, 5) is 16.0. The fraction of sp³-hybridized carbons (Fsp3) is 0. The second-order valence-electron chi connectivity index (χ2n) is 3.29. The molecular formula is C12H6Cl3NO. The number of aromatic nitrogens is 1. The summed E-state index contributed by atoms with van der Waals surface area (Å²) in [6.07, 6.45) is 1.41. The topological polar surface area (TPSA) is 30.0 Å². The summed E-state index contributed by atoms with van der Waals surface area (Å²) >= 11 is 17.5. The number of benzene rings is 1. The van der Waals surface area contributed by atoms with E-state index in [2.05, 4.69) is 4.98 Å². The average molecular weight is 287 g/mol. The quantitative estimate of drug-likeness (QED) is 0.772. The maximum absolute atomic E-state index is 12.1. The number of hydrogen-bond acceptors (Lipinski definition) is 2. The van der Waals surface area contributed by atoms with Gasteiger partial charge in [0.2, 0.25) is 5.78 Å². The number of nitrogens with zero attached hydrogens (tertiary/aromatic N) is 1. The van der Waals surface area contributed by atoms with Crippen LogP contribution in [0, 0.1) is 0 Å². The third-order valence-corrected chi connectivity index (χ3v) is 3.20. The van der Waals surface area contributed by atoms with E-state index in [0.717, 1.165) is 0 Å². The van der Waals surface area contributed by atoms with Gasteiger partial charge < -0.3 is 0 Å². The second-order valence-corrected chi connectivity index (χ2v) is 4.51. The van der Waals surface area contributed by atoms with Crippen molar-refractivity contribution in [2.45, 2.75) is 0 Å². The van der Waals surface area contributed by atoms with Gasteiger partial charge in [0.1, 0.15) is 5.69 Å². The zero-order chi connectivity index (χ0) is 12.4. The Kier molecular flexibility index (Phi) is 3.67. The third kappa shape index (κ3) is 2.60. The summed E-state index contributed by atoms with van der Waals surface area (Å²) < 4.78 is 0. The van der Waals surface area contributed by atoms with Crippen LogP contribution < -0.4 is 0 Å². The third-order valence-electron chi connectivity index (χ3n) is 2.16. The summed E-state index contributed by atoms with van der Waals surface area (Å²) in [5.41, 5.74) is 0.604.